The zero-order chi connectivity index (χ0) is 13.0. The molecule has 3 rings (SSSR count). The summed E-state index contributed by atoms with van der Waals surface area (Å²) in [6.07, 6.45) is 2.65. The Balaban J connectivity index is 2.12. The molecule has 1 aromatic rings. The number of rotatable bonds is 0. The average Bonchev–Trinajstić information content (AvgIpc) is 2.24. The van der Waals surface area contributed by atoms with E-state index in [1.165, 1.54) is 0 Å². The molecule has 0 aromatic heterocycles. The lowest BCUT2D eigenvalue weighted by Gasteiger charge is -2.43. The van der Waals surface area contributed by atoms with Gasteiger partial charge >= 0.3 is 0 Å². The van der Waals surface area contributed by atoms with Gasteiger partial charge in [0.1, 0.15) is 5.75 Å². The fourth-order valence-corrected chi connectivity index (χ4v) is 2.87. The third-order valence-electron chi connectivity index (χ3n) is 3.58. The first-order valence-corrected chi connectivity index (χ1v) is 6.15. The van der Waals surface area contributed by atoms with Crippen LogP contribution in [0.3, 0.4) is 0 Å². The van der Waals surface area contributed by atoms with Crippen molar-refractivity contribution in [1.29, 1.82) is 0 Å². The summed E-state index contributed by atoms with van der Waals surface area (Å²) in [4.78, 5) is 12.2. The summed E-state index contributed by atoms with van der Waals surface area (Å²) in [6, 6.07) is 7.44. The Morgan fingerprint density at radius 1 is 1.28 bits per heavy atom. The van der Waals surface area contributed by atoms with Crippen LogP contribution < -0.4 is 4.74 Å². The molecule has 1 unspecified atom stereocenters. The first-order valence-electron chi connectivity index (χ1n) is 6.15. The number of hydrogen-bond donors (Lipinski definition) is 1. The van der Waals surface area contributed by atoms with Gasteiger partial charge in [-0.15, -0.1) is 0 Å². The zero-order valence-corrected chi connectivity index (χ0v) is 10.6. The molecular formula is C15H16O3. The van der Waals surface area contributed by atoms with E-state index >= 15 is 0 Å². The van der Waals surface area contributed by atoms with E-state index in [9.17, 15) is 9.90 Å². The number of hydrogen-bond acceptors (Lipinski definition) is 3. The van der Waals surface area contributed by atoms with E-state index in [4.69, 9.17) is 4.74 Å². The van der Waals surface area contributed by atoms with Gasteiger partial charge in [-0.25, -0.2) is 0 Å². The second kappa shape index (κ2) is 3.45. The van der Waals surface area contributed by atoms with Gasteiger partial charge in [-0.2, -0.15) is 0 Å². The van der Waals surface area contributed by atoms with Crippen molar-refractivity contribution in [2.24, 2.45) is 5.41 Å². The molecule has 3 nitrogen and oxygen atoms in total. The van der Waals surface area contributed by atoms with Gasteiger partial charge in [0, 0.05) is 18.4 Å². The van der Waals surface area contributed by atoms with Crippen LogP contribution in [0.2, 0.25) is 0 Å². The molecular weight excluding hydrogens is 228 g/mol. The van der Waals surface area contributed by atoms with Crippen LogP contribution >= 0.6 is 0 Å². The van der Waals surface area contributed by atoms with Gasteiger partial charge in [-0.3, -0.25) is 4.79 Å². The van der Waals surface area contributed by atoms with Gasteiger partial charge in [0.05, 0.1) is 5.57 Å². The molecule has 1 heterocycles. The van der Waals surface area contributed by atoms with E-state index in [0.29, 0.717) is 24.2 Å². The van der Waals surface area contributed by atoms with Crippen molar-refractivity contribution in [3.63, 3.8) is 0 Å². The molecule has 2 aliphatic rings. The molecule has 1 aromatic carbocycles. The molecule has 1 aliphatic heterocycles. The van der Waals surface area contributed by atoms with Crippen molar-refractivity contribution < 1.29 is 14.6 Å². The largest absolute Gasteiger partial charge is 0.457 e. The number of para-hydroxylation sites is 1. The van der Waals surface area contributed by atoms with Crippen LogP contribution in [0.25, 0.3) is 6.08 Å². The van der Waals surface area contributed by atoms with Gasteiger partial charge < -0.3 is 9.84 Å². The predicted octanol–water partition coefficient (Wildman–Crippen LogP) is 2.54. The van der Waals surface area contributed by atoms with Crippen LogP contribution in [0, 0.1) is 5.41 Å². The van der Waals surface area contributed by atoms with Crippen LogP contribution in [-0.2, 0) is 4.79 Å². The normalized spacial score (nSPS) is 28.8. The molecule has 0 spiro atoms. The number of fused-ring (bicyclic) bond motifs is 2. The summed E-state index contributed by atoms with van der Waals surface area (Å²) in [5, 5.41) is 10.6. The Labute approximate surface area is 106 Å². The first kappa shape index (κ1) is 11.5. The average molecular weight is 244 g/mol. The number of benzene rings is 1. The second-order valence-corrected chi connectivity index (χ2v) is 5.92. The number of ether oxygens (including phenoxy) is 1. The minimum atomic E-state index is -1.47. The Hall–Kier alpha value is -1.61. The summed E-state index contributed by atoms with van der Waals surface area (Å²) < 4.78 is 5.70. The van der Waals surface area contributed by atoms with Gasteiger partial charge in [-0.1, -0.05) is 32.0 Å². The van der Waals surface area contributed by atoms with Crippen molar-refractivity contribution in [2.45, 2.75) is 32.5 Å². The molecule has 1 saturated carbocycles. The fourth-order valence-electron chi connectivity index (χ4n) is 2.87. The van der Waals surface area contributed by atoms with Gasteiger partial charge in [-0.05, 0) is 17.6 Å². The number of aliphatic hydroxyl groups is 1. The molecule has 1 aliphatic carbocycles. The van der Waals surface area contributed by atoms with E-state index in [0.717, 1.165) is 5.56 Å². The van der Waals surface area contributed by atoms with Gasteiger partial charge in [0.2, 0.25) is 5.79 Å². The number of carbonyl (C=O) groups is 1. The topological polar surface area (TPSA) is 46.5 Å². The Kier molecular flexibility index (Phi) is 2.20. The third kappa shape index (κ3) is 1.66. The van der Waals surface area contributed by atoms with Crippen LogP contribution in [-0.4, -0.2) is 16.7 Å². The lowest BCUT2D eigenvalue weighted by atomic mass is 9.70. The molecule has 18 heavy (non-hydrogen) atoms. The van der Waals surface area contributed by atoms with Crippen LogP contribution in [0.5, 0.6) is 5.75 Å². The lowest BCUT2D eigenvalue weighted by molar-refractivity contribution is -0.157. The first-order chi connectivity index (χ1) is 8.40. The molecule has 0 amide bonds. The number of carbonyl (C=O) groups excluding carboxylic acids is 1. The Morgan fingerprint density at radius 2 is 2.00 bits per heavy atom. The second-order valence-electron chi connectivity index (χ2n) is 5.92. The van der Waals surface area contributed by atoms with Crippen LogP contribution in [0.4, 0.5) is 0 Å². The quantitative estimate of drug-likeness (QED) is 0.763. The maximum atomic E-state index is 12.2. The summed E-state index contributed by atoms with van der Waals surface area (Å²) >= 11 is 0. The maximum absolute atomic E-state index is 12.2. The highest BCUT2D eigenvalue weighted by Crippen LogP contribution is 2.46. The lowest BCUT2D eigenvalue weighted by Crippen LogP contribution is -2.50. The zero-order valence-electron chi connectivity index (χ0n) is 10.6. The summed E-state index contributed by atoms with van der Waals surface area (Å²) in [7, 11) is 0. The van der Waals surface area contributed by atoms with E-state index in [-0.39, 0.29) is 11.2 Å². The fraction of sp³-hybridized carbons (Fsp3) is 0.400. The third-order valence-corrected chi connectivity index (χ3v) is 3.58. The molecule has 0 radical (unpaired) electrons. The van der Waals surface area contributed by atoms with E-state index in [1.54, 1.807) is 6.08 Å². The highest BCUT2D eigenvalue weighted by atomic mass is 16.6. The number of ketones is 1. The van der Waals surface area contributed by atoms with Crippen molar-refractivity contribution in [3.05, 3.63) is 35.4 Å². The molecule has 0 saturated heterocycles. The molecule has 0 bridgehead atoms. The monoisotopic (exact) mass is 244 g/mol. The van der Waals surface area contributed by atoms with Gasteiger partial charge in [0.15, 0.2) is 5.78 Å². The summed E-state index contributed by atoms with van der Waals surface area (Å²) in [6.45, 7) is 3.95. The Morgan fingerprint density at radius 3 is 2.78 bits per heavy atom. The minimum absolute atomic E-state index is 0.0248. The van der Waals surface area contributed by atoms with Crippen LogP contribution in [0.1, 0.15) is 32.3 Å². The summed E-state index contributed by atoms with van der Waals surface area (Å²) in [5.41, 5.74) is 1.00. The molecule has 3 heteroatoms. The van der Waals surface area contributed by atoms with Gasteiger partial charge in [0.25, 0.3) is 0 Å². The van der Waals surface area contributed by atoms with Crippen molar-refractivity contribution in [2.75, 3.05) is 0 Å². The van der Waals surface area contributed by atoms with Crippen LogP contribution in [0.15, 0.2) is 29.8 Å². The molecule has 1 N–H and O–H groups in total. The molecule has 1 atom stereocenters. The van der Waals surface area contributed by atoms with Crippen molar-refractivity contribution in [3.8, 4) is 5.75 Å². The highest BCUT2D eigenvalue weighted by molar-refractivity contribution is 6.03. The standard InChI is InChI=1S/C15H16O3/c1-14(2)8-12(16)11-7-10-5-3-4-6-13(10)18-15(11,17)9-14/h3-7,17H,8-9H2,1-2H3. The van der Waals surface area contributed by atoms with E-state index < -0.39 is 5.79 Å². The van der Waals surface area contributed by atoms with E-state index in [2.05, 4.69) is 0 Å². The molecule has 94 valence electrons. The predicted molar refractivity (Wildman–Crippen MR) is 68.0 cm³/mol. The Bertz CT molecular complexity index is 557. The number of Topliss-reactive ketones (excluding diaryl/α,β-unsaturated/α-hetero) is 1. The molecule has 1 fully saturated rings. The summed E-state index contributed by atoms with van der Waals surface area (Å²) in [5.74, 6) is -0.856. The van der Waals surface area contributed by atoms with Crippen molar-refractivity contribution in [1.82, 2.24) is 0 Å². The smallest absolute Gasteiger partial charge is 0.238 e. The highest BCUT2D eigenvalue weighted by Gasteiger charge is 2.50. The SMILES string of the molecule is CC1(C)CC(=O)C2=Cc3ccccc3OC2(O)C1. The van der Waals surface area contributed by atoms with Crippen molar-refractivity contribution >= 4 is 11.9 Å². The van der Waals surface area contributed by atoms with E-state index in [1.807, 2.05) is 38.1 Å². The maximum Gasteiger partial charge on any atom is 0.238 e. The minimum Gasteiger partial charge on any atom is -0.457 e.